The summed E-state index contributed by atoms with van der Waals surface area (Å²) in [6.45, 7) is 3.58. The molecule has 1 heterocycles. The van der Waals surface area contributed by atoms with E-state index in [1.54, 1.807) is 13.8 Å². The fourth-order valence-corrected chi connectivity index (χ4v) is 4.24. The van der Waals surface area contributed by atoms with Gasteiger partial charge in [0.15, 0.2) is 0 Å². The second-order valence-electron chi connectivity index (χ2n) is 7.30. The number of nitrogens with zero attached hydrogens (tertiary/aromatic N) is 2. The van der Waals surface area contributed by atoms with Crippen LogP contribution in [0.3, 0.4) is 0 Å². The first-order valence-electron chi connectivity index (χ1n) is 9.15. The summed E-state index contributed by atoms with van der Waals surface area (Å²) in [4.78, 5) is 50.1. The summed E-state index contributed by atoms with van der Waals surface area (Å²) in [5.41, 5.74) is -0.678. The first kappa shape index (κ1) is 24.3. The summed E-state index contributed by atoms with van der Waals surface area (Å²) in [5, 5.41) is 9.93. The SMILES string of the molecule is CC(C)C[C@@H](C(=O)Oc1ccc([N+](=O)[O-])cc1)N1C(=O)c2c(Cl)c(Cl)c(Cl)c(Cl)c2C1=O. The number of esters is 1. The molecule has 168 valence electrons. The monoisotopic (exact) mass is 518 g/mol. The van der Waals surface area contributed by atoms with Crippen LogP contribution in [0.15, 0.2) is 24.3 Å². The Morgan fingerprint density at radius 1 is 0.969 bits per heavy atom. The van der Waals surface area contributed by atoms with Gasteiger partial charge in [0.05, 0.1) is 36.1 Å². The van der Waals surface area contributed by atoms with E-state index in [-0.39, 0.29) is 55.0 Å². The van der Waals surface area contributed by atoms with Crippen molar-refractivity contribution >= 4 is 69.9 Å². The minimum atomic E-state index is -1.32. The van der Waals surface area contributed by atoms with Gasteiger partial charge in [-0.15, -0.1) is 0 Å². The van der Waals surface area contributed by atoms with Gasteiger partial charge in [-0.25, -0.2) is 4.79 Å². The first-order valence-corrected chi connectivity index (χ1v) is 10.7. The summed E-state index contributed by atoms with van der Waals surface area (Å²) in [7, 11) is 0. The fraction of sp³-hybridized carbons (Fsp3) is 0.250. The number of nitro groups is 1. The molecule has 1 aliphatic heterocycles. The van der Waals surface area contributed by atoms with Crippen molar-refractivity contribution in [1.29, 1.82) is 0 Å². The molecule has 8 nitrogen and oxygen atoms in total. The van der Waals surface area contributed by atoms with Crippen LogP contribution in [0.1, 0.15) is 41.0 Å². The van der Waals surface area contributed by atoms with Crippen molar-refractivity contribution in [2.45, 2.75) is 26.3 Å². The number of ether oxygens (including phenoxy) is 1. The Balaban J connectivity index is 1.98. The van der Waals surface area contributed by atoms with Gasteiger partial charge >= 0.3 is 5.97 Å². The predicted molar refractivity (Wildman–Crippen MR) is 119 cm³/mol. The molecule has 0 saturated carbocycles. The van der Waals surface area contributed by atoms with Gasteiger partial charge in [0.2, 0.25) is 0 Å². The van der Waals surface area contributed by atoms with E-state index >= 15 is 0 Å². The van der Waals surface area contributed by atoms with Crippen molar-refractivity contribution < 1.29 is 24.0 Å². The van der Waals surface area contributed by atoms with Crippen molar-refractivity contribution in [3.8, 4) is 5.75 Å². The average Bonchev–Trinajstić information content (AvgIpc) is 2.99. The molecule has 0 unspecified atom stereocenters. The van der Waals surface area contributed by atoms with E-state index in [0.29, 0.717) is 0 Å². The maximum atomic E-state index is 13.1. The lowest BCUT2D eigenvalue weighted by atomic mass is 10.0. The van der Waals surface area contributed by atoms with Crippen molar-refractivity contribution in [3.63, 3.8) is 0 Å². The molecular weight excluding hydrogens is 506 g/mol. The Kier molecular flexibility index (Phi) is 7.00. The summed E-state index contributed by atoms with van der Waals surface area (Å²) in [6, 6.07) is 3.47. The normalized spacial score (nSPS) is 14.0. The number of halogens is 4. The van der Waals surface area contributed by atoms with E-state index in [1.165, 1.54) is 12.1 Å². The molecule has 0 aliphatic carbocycles. The number of non-ortho nitro benzene ring substituents is 1. The van der Waals surface area contributed by atoms with Gasteiger partial charge < -0.3 is 4.74 Å². The average molecular weight is 520 g/mol. The van der Waals surface area contributed by atoms with E-state index in [2.05, 4.69) is 0 Å². The molecule has 0 aromatic heterocycles. The second kappa shape index (κ2) is 9.23. The second-order valence-corrected chi connectivity index (χ2v) is 8.82. The van der Waals surface area contributed by atoms with Gasteiger partial charge in [0, 0.05) is 12.1 Å². The first-order chi connectivity index (χ1) is 15.0. The molecule has 0 saturated heterocycles. The van der Waals surface area contributed by atoms with Gasteiger partial charge in [-0.3, -0.25) is 24.6 Å². The van der Waals surface area contributed by atoms with E-state index < -0.39 is 28.7 Å². The van der Waals surface area contributed by atoms with E-state index in [4.69, 9.17) is 51.1 Å². The van der Waals surface area contributed by atoms with Crippen LogP contribution in [0.5, 0.6) is 5.75 Å². The molecule has 2 aromatic carbocycles. The third-order valence-electron chi connectivity index (χ3n) is 4.68. The number of amides is 2. The Morgan fingerprint density at radius 2 is 1.44 bits per heavy atom. The highest BCUT2D eigenvalue weighted by Crippen LogP contribution is 2.45. The molecule has 0 bridgehead atoms. The standard InChI is InChI=1S/C20H14Cl4N2O6/c1-8(2)7-11(20(29)32-10-5-3-9(4-6-10)26(30)31)25-18(27)12-13(19(25)28)15(22)17(24)16(23)14(12)21/h3-6,8,11H,7H2,1-2H3/t11-/m0/s1. The summed E-state index contributed by atoms with van der Waals surface area (Å²) in [5.74, 6) is -2.74. The lowest BCUT2D eigenvalue weighted by Gasteiger charge is -2.25. The third-order valence-corrected chi connectivity index (χ3v) is 6.48. The molecule has 0 N–H and O–H groups in total. The van der Waals surface area contributed by atoms with Crippen molar-refractivity contribution in [1.82, 2.24) is 4.90 Å². The topological polar surface area (TPSA) is 107 Å². The quantitative estimate of drug-likeness (QED) is 0.0904. The molecule has 1 atom stereocenters. The number of fused-ring (bicyclic) bond motifs is 1. The van der Waals surface area contributed by atoms with Crippen molar-refractivity contribution in [3.05, 3.63) is 65.6 Å². The Bertz CT molecular complexity index is 1100. The van der Waals surface area contributed by atoms with Crippen LogP contribution in [0.2, 0.25) is 20.1 Å². The minimum Gasteiger partial charge on any atom is -0.425 e. The Labute approximate surface area is 202 Å². The lowest BCUT2D eigenvalue weighted by Crippen LogP contribution is -2.47. The van der Waals surface area contributed by atoms with E-state index in [0.717, 1.165) is 17.0 Å². The largest absolute Gasteiger partial charge is 0.425 e. The molecule has 12 heteroatoms. The van der Waals surface area contributed by atoms with E-state index in [9.17, 15) is 24.5 Å². The number of imide groups is 1. The summed E-state index contributed by atoms with van der Waals surface area (Å²) < 4.78 is 5.30. The number of rotatable bonds is 6. The summed E-state index contributed by atoms with van der Waals surface area (Å²) in [6.07, 6.45) is 0.0774. The number of nitro benzene ring substituents is 1. The molecule has 2 aromatic rings. The lowest BCUT2D eigenvalue weighted by molar-refractivity contribution is -0.384. The molecular formula is C20H14Cl4N2O6. The molecule has 1 aliphatic rings. The zero-order valence-electron chi connectivity index (χ0n) is 16.5. The van der Waals surface area contributed by atoms with Crippen molar-refractivity contribution in [2.24, 2.45) is 5.92 Å². The predicted octanol–water partition coefficient (Wildman–Crippen LogP) is 5.82. The zero-order valence-corrected chi connectivity index (χ0v) is 19.6. The van der Waals surface area contributed by atoms with Gasteiger partial charge in [-0.2, -0.15) is 0 Å². The van der Waals surface area contributed by atoms with Gasteiger partial charge in [-0.05, 0) is 24.5 Å². The maximum Gasteiger partial charge on any atom is 0.334 e. The summed E-state index contributed by atoms with van der Waals surface area (Å²) >= 11 is 24.4. The van der Waals surface area contributed by atoms with Gasteiger partial charge in [-0.1, -0.05) is 60.3 Å². The van der Waals surface area contributed by atoms with Crippen LogP contribution in [-0.4, -0.2) is 33.6 Å². The van der Waals surface area contributed by atoms with Crippen LogP contribution in [0.25, 0.3) is 0 Å². The Hall–Kier alpha value is -2.39. The number of carbonyl (C=O) groups excluding carboxylic acids is 3. The zero-order chi connectivity index (χ0) is 23.9. The minimum absolute atomic E-state index is 0.00752. The van der Waals surface area contributed by atoms with Crippen LogP contribution >= 0.6 is 46.4 Å². The molecule has 3 rings (SSSR count). The van der Waals surface area contributed by atoms with Crippen molar-refractivity contribution in [2.75, 3.05) is 0 Å². The highest BCUT2D eigenvalue weighted by atomic mass is 35.5. The molecule has 0 radical (unpaired) electrons. The number of benzene rings is 2. The number of hydrogen-bond donors (Lipinski definition) is 0. The van der Waals surface area contributed by atoms with Gasteiger partial charge in [0.1, 0.15) is 11.8 Å². The van der Waals surface area contributed by atoms with Crippen LogP contribution in [0.4, 0.5) is 5.69 Å². The smallest absolute Gasteiger partial charge is 0.334 e. The molecule has 2 amide bonds. The molecule has 32 heavy (non-hydrogen) atoms. The maximum absolute atomic E-state index is 13.1. The molecule has 0 spiro atoms. The van der Waals surface area contributed by atoms with Crippen LogP contribution < -0.4 is 4.74 Å². The number of hydrogen-bond acceptors (Lipinski definition) is 6. The third kappa shape index (κ3) is 4.28. The van der Waals surface area contributed by atoms with E-state index in [1.807, 2.05) is 0 Å². The Morgan fingerprint density at radius 3 is 1.84 bits per heavy atom. The fourth-order valence-electron chi connectivity index (χ4n) is 3.22. The van der Waals surface area contributed by atoms with Crippen LogP contribution in [0, 0.1) is 16.0 Å². The highest BCUT2D eigenvalue weighted by Gasteiger charge is 2.47. The highest BCUT2D eigenvalue weighted by molar-refractivity contribution is 6.55. The molecule has 0 fully saturated rings. The van der Waals surface area contributed by atoms with Crippen LogP contribution in [-0.2, 0) is 4.79 Å². The van der Waals surface area contributed by atoms with Gasteiger partial charge in [0.25, 0.3) is 17.5 Å². The number of carbonyl (C=O) groups is 3.